The molecule has 2 nitrogen and oxygen atoms in total. The van der Waals surface area contributed by atoms with Crippen LogP contribution in [0.1, 0.15) is 69.6 Å². The lowest BCUT2D eigenvalue weighted by Crippen LogP contribution is -2.44. The number of hydrogen-bond acceptors (Lipinski definition) is 2. The molecule has 0 bridgehead atoms. The SMILES string of the molecule is C[C@H]1CCCCC(C(=O)N2CC[C@H](C)[C@@H](c3ccc(Cl)s3)C2)CC1. The highest BCUT2D eigenvalue weighted by atomic mass is 35.5. The first-order valence-electron chi connectivity index (χ1n) is 9.58. The van der Waals surface area contributed by atoms with Gasteiger partial charge in [0.15, 0.2) is 0 Å². The Balaban J connectivity index is 1.66. The number of likely N-dealkylation sites (tertiary alicyclic amines) is 1. The molecule has 2 heterocycles. The monoisotopic (exact) mass is 367 g/mol. The number of hydrogen-bond donors (Lipinski definition) is 0. The van der Waals surface area contributed by atoms with Crippen molar-refractivity contribution in [3.8, 4) is 0 Å². The zero-order valence-electron chi connectivity index (χ0n) is 15.0. The van der Waals surface area contributed by atoms with E-state index in [9.17, 15) is 4.79 Å². The maximum Gasteiger partial charge on any atom is 0.225 e. The van der Waals surface area contributed by atoms with E-state index >= 15 is 0 Å². The van der Waals surface area contributed by atoms with E-state index in [0.717, 1.165) is 42.6 Å². The molecule has 0 aromatic carbocycles. The van der Waals surface area contributed by atoms with Gasteiger partial charge in [-0.2, -0.15) is 0 Å². The van der Waals surface area contributed by atoms with Crippen molar-refractivity contribution in [3.63, 3.8) is 0 Å². The van der Waals surface area contributed by atoms with Gasteiger partial charge in [-0.05, 0) is 49.7 Å². The van der Waals surface area contributed by atoms with Crippen molar-refractivity contribution in [2.45, 2.75) is 64.7 Å². The Hall–Kier alpha value is -0.540. The van der Waals surface area contributed by atoms with Crippen LogP contribution in [0.4, 0.5) is 0 Å². The zero-order chi connectivity index (χ0) is 17.1. The predicted molar refractivity (Wildman–Crippen MR) is 103 cm³/mol. The van der Waals surface area contributed by atoms with Crippen LogP contribution in [0.25, 0.3) is 0 Å². The second kappa shape index (κ2) is 8.23. The summed E-state index contributed by atoms with van der Waals surface area (Å²) in [6.45, 7) is 6.47. The Morgan fingerprint density at radius 1 is 1.12 bits per heavy atom. The lowest BCUT2D eigenvalue weighted by molar-refractivity contribution is -0.138. The van der Waals surface area contributed by atoms with Crippen LogP contribution in [0.5, 0.6) is 0 Å². The molecule has 2 aliphatic rings. The van der Waals surface area contributed by atoms with E-state index in [1.54, 1.807) is 11.3 Å². The molecular weight excluding hydrogens is 338 g/mol. The highest BCUT2D eigenvalue weighted by Crippen LogP contribution is 2.38. The van der Waals surface area contributed by atoms with E-state index in [1.807, 2.05) is 6.07 Å². The molecule has 1 aliphatic heterocycles. The number of rotatable bonds is 2. The third-order valence-electron chi connectivity index (χ3n) is 6.09. The molecule has 2 fully saturated rings. The maximum absolute atomic E-state index is 13.1. The molecule has 1 aromatic heterocycles. The van der Waals surface area contributed by atoms with Crippen LogP contribution in [0.2, 0.25) is 4.34 Å². The minimum atomic E-state index is 0.258. The van der Waals surface area contributed by atoms with Crippen molar-refractivity contribution in [2.24, 2.45) is 17.8 Å². The Morgan fingerprint density at radius 2 is 1.92 bits per heavy atom. The van der Waals surface area contributed by atoms with Gasteiger partial charge in [-0.25, -0.2) is 0 Å². The Labute approximate surface area is 155 Å². The number of amides is 1. The van der Waals surface area contributed by atoms with E-state index in [1.165, 1.54) is 30.6 Å². The lowest BCUT2D eigenvalue weighted by atomic mass is 9.83. The van der Waals surface area contributed by atoms with Crippen molar-refractivity contribution >= 4 is 28.8 Å². The summed E-state index contributed by atoms with van der Waals surface area (Å²) in [5.74, 6) is 2.54. The second-order valence-electron chi connectivity index (χ2n) is 7.96. The van der Waals surface area contributed by atoms with Crippen LogP contribution >= 0.6 is 22.9 Å². The van der Waals surface area contributed by atoms with Crippen molar-refractivity contribution in [1.29, 1.82) is 0 Å². The molecule has 24 heavy (non-hydrogen) atoms. The molecule has 4 atom stereocenters. The van der Waals surface area contributed by atoms with Gasteiger partial charge in [-0.3, -0.25) is 4.79 Å². The van der Waals surface area contributed by atoms with Gasteiger partial charge >= 0.3 is 0 Å². The second-order valence-corrected chi connectivity index (χ2v) is 9.71. The fourth-order valence-corrected chi connectivity index (χ4v) is 5.62. The van der Waals surface area contributed by atoms with Gasteiger partial charge in [0.05, 0.1) is 4.34 Å². The summed E-state index contributed by atoms with van der Waals surface area (Å²) in [7, 11) is 0. The fraction of sp³-hybridized carbons (Fsp3) is 0.750. The smallest absolute Gasteiger partial charge is 0.225 e. The van der Waals surface area contributed by atoms with Crippen molar-refractivity contribution in [1.82, 2.24) is 4.90 Å². The van der Waals surface area contributed by atoms with Crippen LogP contribution in [0.15, 0.2) is 12.1 Å². The standard InChI is InChI=1S/C20H30ClNOS/c1-14-5-3-4-6-16(8-7-14)20(23)22-12-11-15(2)17(13-22)18-9-10-19(21)24-18/h9-10,14-17H,3-8,11-13H2,1-2H3/t14-,15-,16?,17-/m0/s1. The highest BCUT2D eigenvalue weighted by Gasteiger charge is 2.33. The molecule has 4 heteroatoms. The third kappa shape index (κ3) is 4.35. The lowest BCUT2D eigenvalue weighted by Gasteiger charge is -2.38. The summed E-state index contributed by atoms with van der Waals surface area (Å²) in [4.78, 5) is 16.6. The molecule has 1 unspecified atom stereocenters. The summed E-state index contributed by atoms with van der Waals surface area (Å²) in [6.07, 6.45) is 8.34. The van der Waals surface area contributed by atoms with E-state index in [-0.39, 0.29) is 5.92 Å². The minimum Gasteiger partial charge on any atom is -0.342 e. The van der Waals surface area contributed by atoms with Gasteiger partial charge in [0, 0.05) is 29.8 Å². The summed E-state index contributed by atoms with van der Waals surface area (Å²) in [5.41, 5.74) is 0. The van der Waals surface area contributed by atoms with E-state index < -0.39 is 0 Å². The predicted octanol–water partition coefficient (Wildman–Crippen LogP) is 5.96. The first kappa shape index (κ1) is 18.3. The normalized spacial score (nSPS) is 32.2. The van der Waals surface area contributed by atoms with Crippen LogP contribution in [-0.4, -0.2) is 23.9 Å². The molecule has 1 saturated heterocycles. The Kier molecular flexibility index (Phi) is 6.26. The molecular formula is C20H30ClNOS. The number of nitrogens with zero attached hydrogens (tertiary/aromatic N) is 1. The third-order valence-corrected chi connectivity index (χ3v) is 7.45. The number of carbonyl (C=O) groups excluding carboxylic acids is 1. The number of thiophene rings is 1. The van der Waals surface area contributed by atoms with Gasteiger partial charge in [0.25, 0.3) is 0 Å². The molecule has 0 spiro atoms. The van der Waals surface area contributed by atoms with Gasteiger partial charge in [-0.15, -0.1) is 11.3 Å². The maximum atomic E-state index is 13.1. The average Bonchev–Trinajstić information content (AvgIpc) is 2.97. The molecule has 1 aliphatic carbocycles. The van der Waals surface area contributed by atoms with E-state index in [2.05, 4.69) is 24.8 Å². The first-order valence-corrected chi connectivity index (χ1v) is 10.8. The molecule has 3 rings (SSSR count). The summed E-state index contributed by atoms with van der Waals surface area (Å²) < 4.78 is 0.856. The van der Waals surface area contributed by atoms with Crippen LogP contribution < -0.4 is 0 Å². The topological polar surface area (TPSA) is 20.3 Å². The Morgan fingerprint density at radius 3 is 2.67 bits per heavy atom. The van der Waals surface area contributed by atoms with Crippen molar-refractivity contribution < 1.29 is 4.79 Å². The molecule has 134 valence electrons. The minimum absolute atomic E-state index is 0.258. The molecule has 1 amide bonds. The fourth-order valence-electron chi connectivity index (χ4n) is 4.33. The number of carbonyl (C=O) groups is 1. The molecule has 1 saturated carbocycles. The quantitative estimate of drug-likeness (QED) is 0.631. The first-order chi connectivity index (χ1) is 11.5. The van der Waals surface area contributed by atoms with Crippen LogP contribution in [0, 0.1) is 17.8 Å². The number of piperidine rings is 1. The van der Waals surface area contributed by atoms with Crippen LogP contribution in [0.3, 0.4) is 0 Å². The summed E-state index contributed by atoms with van der Waals surface area (Å²) in [6, 6.07) is 4.14. The number of halogens is 1. The van der Waals surface area contributed by atoms with E-state index in [0.29, 0.717) is 17.7 Å². The van der Waals surface area contributed by atoms with Crippen LogP contribution in [-0.2, 0) is 4.79 Å². The van der Waals surface area contributed by atoms with Crippen molar-refractivity contribution in [2.75, 3.05) is 13.1 Å². The molecule has 0 radical (unpaired) electrons. The van der Waals surface area contributed by atoms with Gasteiger partial charge < -0.3 is 4.90 Å². The molecule has 1 aromatic rings. The van der Waals surface area contributed by atoms with Crippen molar-refractivity contribution in [3.05, 3.63) is 21.3 Å². The summed E-state index contributed by atoms with van der Waals surface area (Å²) in [5, 5.41) is 0. The van der Waals surface area contributed by atoms with Gasteiger partial charge in [0.1, 0.15) is 0 Å². The zero-order valence-corrected chi connectivity index (χ0v) is 16.5. The molecule has 0 N–H and O–H groups in total. The van der Waals surface area contributed by atoms with Gasteiger partial charge in [-0.1, -0.05) is 44.7 Å². The summed E-state index contributed by atoms with van der Waals surface area (Å²) >= 11 is 7.81. The average molecular weight is 368 g/mol. The highest BCUT2D eigenvalue weighted by molar-refractivity contribution is 7.16. The van der Waals surface area contributed by atoms with E-state index in [4.69, 9.17) is 11.6 Å². The largest absolute Gasteiger partial charge is 0.342 e. The Bertz CT molecular complexity index is 558. The van der Waals surface area contributed by atoms with Gasteiger partial charge in [0.2, 0.25) is 5.91 Å².